The lowest BCUT2D eigenvalue weighted by Gasteiger charge is -2.30. The summed E-state index contributed by atoms with van der Waals surface area (Å²) in [6.45, 7) is 6.66. The molecule has 4 rings (SSSR count). The number of aromatic nitrogens is 2. The van der Waals surface area contributed by atoms with Crippen LogP contribution in [0.15, 0.2) is 71.5 Å². The van der Waals surface area contributed by atoms with Gasteiger partial charge in [0.2, 0.25) is 5.91 Å². The molecule has 1 amide bonds. The van der Waals surface area contributed by atoms with Crippen molar-refractivity contribution in [1.82, 2.24) is 14.5 Å². The number of para-hydroxylation sites is 1. The molecule has 5 heteroatoms. The van der Waals surface area contributed by atoms with Gasteiger partial charge in [-0.15, -0.1) is 0 Å². The van der Waals surface area contributed by atoms with E-state index in [1.807, 2.05) is 79.4 Å². The van der Waals surface area contributed by atoms with Crippen molar-refractivity contribution in [2.24, 2.45) is 0 Å². The van der Waals surface area contributed by atoms with Crippen LogP contribution in [0.2, 0.25) is 0 Å². The first kappa shape index (κ1) is 21.8. The smallest absolute Gasteiger partial charge is 0.266 e. The Labute approximate surface area is 188 Å². The van der Waals surface area contributed by atoms with Crippen LogP contribution in [-0.4, -0.2) is 26.9 Å². The SMILES string of the molecule is CCCC(=O)N(CCC)C(C)c1nc2ccccc2c(=O)n1-c1ccc2ccccc2c1. The molecular formula is C27H29N3O2. The number of hydrogen-bond acceptors (Lipinski definition) is 3. The molecule has 0 bridgehead atoms. The maximum Gasteiger partial charge on any atom is 0.266 e. The number of fused-ring (bicyclic) bond motifs is 2. The van der Waals surface area contributed by atoms with Gasteiger partial charge in [0.25, 0.3) is 5.56 Å². The van der Waals surface area contributed by atoms with Crippen LogP contribution in [0.1, 0.15) is 51.9 Å². The van der Waals surface area contributed by atoms with E-state index in [2.05, 4.69) is 13.0 Å². The Kier molecular flexibility index (Phi) is 6.35. The second-order valence-corrected chi connectivity index (χ2v) is 8.17. The standard InChI is InChI=1S/C27H29N3O2/c1-4-10-25(31)29(17-5-2)19(3)26-28-24-14-9-8-13-23(24)27(32)30(26)22-16-15-20-11-6-7-12-21(20)18-22/h6-9,11-16,18-19H,4-5,10,17H2,1-3H3. The van der Waals surface area contributed by atoms with E-state index < -0.39 is 0 Å². The summed E-state index contributed by atoms with van der Waals surface area (Å²) in [5.41, 5.74) is 1.29. The fourth-order valence-electron chi connectivity index (χ4n) is 4.27. The third-order valence-corrected chi connectivity index (χ3v) is 5.88. The van der Waals surface area contributed by atoms with Crippen molar-refractivity contribution in [3.8, 4) is 5.69 Å². The summed E-state index contributed by atoms with van der Waals surface area (Å²) in [6, 6.07) is 21.1. The van der Waals surface area contributed by atoms with Crippen LogP contribution in [0.25, 0.3) is 27.4 Å². The highest BCUT2D eigenvalue weighted by atomic mass is 16.2. The average Bonchev–Trinajstić information content (AvgIpc) is 2.82. The van der Waals surface area contributed by atoms with E-state index in [-0.39, 0.29) is 17.5 Å². The fourth-order valence-corrected chi connectivity index (χ4v) is 4.27. The van der Waals surface area contributed by atoms with E-state index in [0.717, 1.165) is 29.3 Å². The average molecular weight is 428 g/mol. The third-order valence-electron chi connectivity index (χ3n) is 5.88. The highest BCUT2D eigenvalue weighted by molar-refractivity contribution is 5.85. The number of nitrogens with zero attached hydrogens (tertiary/aromatic N) is 3. The molecular weight excluding hydrogens is 398 g/mol. The molecule has 1 heterocycles. The molecule has 0 aliphatic rings. The maximum atomic E-state index is 13.7. The second-order valence-electron chi connectivity index (χ2n) is 8.17. The number of carbonyl (C=O) groups is 1. The van der Waals surface area contributed by atoms with Gasteiger partial charge >= 0.3 is 0 Å². The van der Waals surface area contributed by atoms with Crippen LogP contribution in [0.5, 0.6) is 0 Å². The lowest BCUT2D eigenvalue weighted by Crippen LogP contribution is -2.37. The van der Waals surface area contributed by atoms with E-state index in [4.69, 9.17) is 4.98 Å². The maximum absolute atomic E-state index is 13.7. The summed E-state index contributed by atoms with van der Waals surface area (Å²) >= 11 is 0. The molecule has 1 unspecified atom stereocenters. The normalized spacial score (nSPS) is 12.2. The molecule has 0 radical (unpaired) electrons. The quantitative estimate of drug-likeness (QED) is 0.384. The van der Waals surface area contributed by atoms with Gasteiger partial charge in [-0.25, -0.2) is 4.98 Å². The first-order valence-corrected chi connectivity index (χ1v) is 11.4. The second kappa shape index (κ2) is 9.35. The zero-order valence-electron chi connectivity index (χ0n) is 18.9. The van der Waals surface area contributed by atoms with Gasteiger partial charge in [-0.05, 0) is 54.8 Å². The van der Waals surface area contributed by atoms with Crippen LogP contribution < -0.4 is 5.56 Å². The Morgan fingerprint density at radius 2 is 1.69 bits per heavy atom. The molecule has 0 fully saturated rings. The van der Waals surface area contributed by atoms with Gasteiger partial charge in [0.05, 0.1) is 22.6 Å². The molecule has 5 nitrogen and oxygen atoms in total. The molecule has 0 aliphatic heterocycles. The predicted octanol–water partition coefficient (Wildman–Crippen LogP) is 5.64. The van der Waals surface area contributed by atoms with Gasteiger partial charge in [0.1, 0.15) is 5.82 Å². The largest absolute Gasteiger partial charge is 0.333 e. The van der Waals surface area contributed by atoms with E-state index in [9.17, 15) is 9.59 Å². The van der Waals surface area contributed by atoms with Crippen LogP contribution in [0, 0.1) is 0 Å². The summed E-state index contributed by atoms with van der Waals surface area (Å²) < 4.78 is 1.68. The van der Waals surface area contributed by atoms with E-state index in [1.54, 1.807) is 4.57 Å². The van der Waals surface area contributed by atoms with E-state index >= 15 is 0 Å². The van der Waals surface area contributed by atoms with Crippen molar-refractivity contribution in [1.29, 1.82) is 0 Å². The Bertz CT molecular complexity index is 1330. The zero-order chi connectivity index (χ0) is 22.7. The highest BCUT2D eigenvalue weighted by Crippen LogP contribution is 2.25. The summed E-state index contributed by atoms with van der Waals surface area (Å²) in [5.74, 6) is 0.677. The van der Waals surface area contributed by atoms with Gasteiger partial charge in [0, 0.05) is 13.0 Å². The molecule has 0 saturated carbocycles. The van der Waals surface area contributed by atoms with E-state index in [1.165, 1.54) is 0 Å². The number of benzene rings is 3. The molecule has 1 aromatic heterocycles. The van der Waals surface area contributed by atoms with Gasteiger partial charge in [-0.1, -0.05) is 56.3 Å². The van der Waals surface area contributed by atoms with Crippen LogP contribution in [0.4, 0.5) is 0 Å². The minimum atomic E-state index is -0.335. The predicted molar refractivity (Wildman–Crippen MR) is 130 cm³/mol. The number of carbonyl (C=O) groups excluding carboxylic acids is 1. The molecule has 0 spiro atoms. The monoisotopic (exact) mass is 427 g/mol. The van der Waals surface area contributed by atoms with Gasteiger partial charge in [-0.2, -0.15) is 0 Å². The Morgan fingerprint density at radius 1 is 0.969 bits per heavy atom. The van der Waals surface area contributed by atoms with Crippen molar-refractivity contribution in [2.75, 3.05) is 6.54 Å². The minimum absolute atomic E-state index is 0.0920. The van der Waals surface area contributed by atoms with Gasteiger partial charge in [0.15, 0.2) is 0 Å². The third kappa shape index (κ3) is 4.03. The first-order chi connectivity index (χ1) is 15.5. The first-order valence-electron chi connectivity index (χ1n) is 11.4. The van der Waals surface area contributed by atoms with Crippen LogP contribution in [0.3, 0.4) is 0 Å². The lowest BCUT2D eigenvalue weighted by atomic mass is 10.1. The molecule has 0 aliphatic carbocycles. The highest BCUT2D eigenvalue weighted by Gasteiger charge is 2.26. The molecule has 3 aromatic carbocycles. The van der Waals surface area contributed by atoms with Crippen molar-refractivity contribution >= 4 is 27.6 Å². The summed E-state index contributed by atoms with van der Waals surface area (Å²) in [5, 5.41) is 2.73. The minimum Gasteiger partial charge on any atom is -0.333 e. The molecule has 1 atom stereocenters. The van der Waals surface area contributed by atoms with E-state index in [0.29, 0.717) is 29.7 Å². The van der Waals surface area contributed by atoms with Crippen molar-refractivity contribution in [2.45, 2.75) is 46.1 Å². The summed E-state index contributed by atoms with van der Waals surface area (Å²) in [6.07, 6.45) is 2.11. The van der Waals surface area contributed by atoms with Crippen molar-refractivity contribution < 1.29 is 4.79 Å². The van der Waals surface area contributed by atoms with Gasteiger partial charge in [-0.3, -0.25) is 14.2 Å². The zero-order valence-corrected chi connectivity index (χ0v) is 18.9. The number of amides is 1. The van der Waals surface area contributed by atoms with Crippen LogP contribution >= 0.6 is 0 Å². The topological polar surface area (TPSA) is 55.2 Å². The number of hydrogen-bond donors (Lipinski definition) is 0. The van der Waals surface area contributed by atoms with Crippen molar-refractivity contribution in [3.05, 3.63) is 82.9 Å². The lowest BCUT2D eigenvalue weighted by molar-refractivity contribution is -0.133. The number of rotatable bonds is 7. The van der Waals surface area contributed by atoms with Crippen LogP contribution in [-0.2, 0) is 4.79 Å². The molecule has 164 valence electrons. The fraction of sp³-hybridized carbons (Fsp3) is 0.296. The van der Waals surface area contributed by atoms with Crippen molar-refractivity contribution in [3.63, 3.8) is 0 Å². The molecule has 0 N–H and O–H groups in total. The Balaban J connectivity index is 1.96. The molecule has 0 saturated heterocycles. The van der Waals surface area contributed by atoms with Gasteiger partial charge < -0.3 is 4.90 Å². The molecule has 32 heavy (non-hydrogen) atoms. The summed E-state index contributed by atoms with van der Waals surface area (Å²) in [4.78, 5) is 33.4. The molecule has 4 aromatic rings. The Morgan fingerprint density at radius 3 is 2.44 bits per heavy atom. The summed E-state index contributed by atoms with van der Waals surface area (Å²) in [7, 11) is 0. The Hall–Kier alpha value is -3.47.